The summed E-state index contributed by atoms with van der Waals surface area (Å²) in [6.45, 7) is 3.71. The van der Waals surface area contributed by atoms with E-state index in [2.05, 4.69) is 0 Å². The predicted octanol–water partition coefficient (Wildman–Crippen LogP) is 1.86. The maximum atomic E-state index is 13.1. The fraction of sp³-hybridized carbons (Fsp3) is 0.600. The number of likely N-dealkylation sites (tertiary alicyclic amines) is 1. The molecule has 2 N–H and O–H groups in total. The molecule has 0 unspecified atom stereocenters. The van der Waals surface area contributed by atoms with Crippen LogP contribution in [0.5, 0.6) is 5.75 Å². The number of piperidine rings is 2. The van der Waals surface area contributed by atoms with E-state index in [-0.39, 0.29) is 34.2 Å². The summed E-state index contributed by atoms with van der Waals surface area (Å²) in [7, 11) is -3.77. The molecule has 2 aliphatic rings. The Labute approximate surface area is 182 Å². The van der Waals surface area contributed by atoms with Gasteiger partial charge in [0.05, 0.1) is 22.4 Å². The lowest BCUT2D eigenvalue weighted by molar-refractivity contribution is -0.139. The lowest BCUT2D eigenvalue weighted by atomic mass is 9.93. The van der Waals surface area contributed by atoms with E-state index >= 15 is 0 Å². The number of hydrogen-bond acceptors (Lipinski definition) is 5. The highest BCUT2D eigenvalue weighted by Gasteiger charge is 2.36. The Morgan fingerprint density at radius 1 is 1.17 bits per heavy atom. The standard InChI is InChI=1S/C20H28ClN3O5S/c1-2-29-18-6-5-16(12-17(18)21)30(27,28)24-9-3-4-15(13-24)20(26)23-10-7-14(8-11-23)19(22)25/h5-6,12,14-15H,2-4,7-11,13H2,1H3,(H2,22,25)/t15-/m1/s1. The van der Waals surface area contributed by atoms with Crippen molar-refractivity contribution in [2.75, 3.05) is 32.8 Å². The van der Waals surface area contributed by atoms with Crippen molar-refractivity contribution in [1.29, 1.82) is 0 Å². The van der Waals surface area contributed by atoms with Gasteiger partial charge in [-0.25, -0.2) is 8.42 Å². The van der Waals surface area contributed by atoms with E-state index in [0.29, 0.717) is 57.7 Å². The van der Waals surface area contributed by atoms with Crippen LogP contribution in [0.1, 0.15) is 32.6 Å². The Balaban J connectivity index is 1.68. The Morgan fingerprint density at radius 2 is 1.87 bits per heavy atom. The van der Waals surface area contributed by atoms with Crippen LogP contribution in [0, 0.1) is 11.8 Å². The minimum Gasteiger partial charge on any atom is -0.492 e. The highest BCUT2D eigenvalue weighted by Crippen LogP contribution is 2.31. The molecule has 2 aliphatic heterocycles. The number of nitrogens with zero attached hydrogens (tertiary/aromatic N) is 2. The van der Waals surface area contributed by atoms with E-state index in [1.54, 1.807) is 11.0 Å². The summed E-state index contributed by atoms with van der Waals surface area (Å²) in [5, 5.41) is 0.236. The van der Waals surface area contributed by atoms with E-state index in [4.69, 9.17) is 22.1 Å². The van der Waals surface area contributed by atoms with Crippen LogP contribution in [-0.2, 0) is 19.6 Å². The second-order valence-electron chi connectivity index (χ2n) is 7.73. The highest BCUT2D eigenvalue weighted by molar-refractivity contribution is 7.89. The van der Waals surface area contributed by atoms with Gasteiger partial charge in [-0.05, 0) is 50.8 Å². The maximum absolute atomic E-state index is 13.1. The van der Waals surface area contributed by atoms with E-state index < -0.39 is 15.9 Å². The number of amides is 2. The van der Waals surface area contributed by atoms with Crippen molar-refractivity contribution in [2.45, 2.75) is 37.5 Å². The molecule has 0 radical (unpaired) electrons. The van der Waals surface area contributed by atoms with Crippen molar-refractivity contribution in [2.24, 2.45) is 17.6 Å². The van der Waals surface area contributed by atoms with Gasteiger partial charge in [0.25, 0.3) is 0 Å². The van der Waals surface area contributed by atoms with Gasteiger partial charge < -0.3 is 15.4 Å². The first-order valence-corrected chi connectivity index (χ1v) is 12.1. The van der Waals surface area contributed by atoms with E-state index in [1.807, 2.05) is 6.92 Å². The Kier molecular flexibility index (Phi) is 7.26. The maximum Gasteiger partial charge on any atom is 0.243 e. The molecule has 0 aromatic heterocycles. The molecule has 1 atom stereocenters. The Morgan fingerprint density at radius 3 is 2.47 bits per heavy atom. The van der Waals surface area contributed by atoms with Gasteiger partial charge in [0.1, 0.15) is 5.75 Å². The van der Waals surface area contributed by atoms with Crippen LogP contribution in [0.15, 0.2) is 23.1 Å². The minimum atomic E-state index is -3.77. The lowest BCUT2D eigenvalue weighted by Crippen LogP contribution is -2.49. The summed E-state index contributed by atoms with van der Waals surface area (Å²) >= 11 is 6.17. The van der Waals surface area contributed by atoms with Gasteiger partial charge in [-0.2, -0.15) is 4.31 Å². The molecule has 0 spiro atoms. The molecule has 8 nitrogen and oxygen atoms in total. The quantitative estimate of drug-likeness (QED) is 0.701. The monoisotopic (exact) mass is 457 g/mol. The van der Waals surface area contributed by atoms with Gasteiger partial charge in [0, 0.05) is 32.1 Å². The summed E-state index contributed by atoms with van der Waals surface area (Å²) in [4.78, 5) is 26.1. The lowest BCUT2D eigenvalue weighted by Gasteiger charge is -2.37. The fourth-order valence-electron chi connectivity index (χ4n) is 4.07. The second kappa shape index (κ2) is 9.53. The first-order valence-electron chi connectivity index (χ1n) is 10.2. The summed E-state index contributed by atoms with van der Waals surface area (Å²) < 4.78 is 33.0. The number of hydrogen-bond donors (Lipinski definition) is 1. The predicted molar refractivity (Wildman–Crippen MR) is 113 cm³/mol. The van der Waals surface area contributed by atoms with Gasteiger partial charge in [-0.15, -0.1) is 0 Å². The molecule has 2 heterocycles. The summed E-state index contributed by atoms with van der Waals surface area (Å²) in [6.07, 6.45) is 2.36. The highest BCUT2D eigenvalue weighted by atomic mass is 35.5. The molecule has 2 saturated heterocycles. The topological polar surface area (TPSA) is 110 Å². The first kappa shape index (κ1) is 22.8. The van der Waals surface area contributed by atoms with Crippen molar-refractivity contribution in [3.8, 4) is 5.75 Å². The summed E-state index contributed by atoms with van der Waals surface area (Å²) in [5.74, 6) is -0.531. The van der Waals surface area contributed by atoms with Crippen molar-refractivity contribution in [1.82, 2.24) is 9.21 Å². The van der Waals surface area contributed by atoms with Crippen LogP contribution < -0.4 is 10.5 Å². The molecule has 30 heavy (non-hydrogen) atoms. The smallest absolute Gasteiger partial charge is 0.243 e. The normalized spacial score (nSPS) is 21.4. The van der Waals surface area contributed by atoms with Gasteiger partial charge in [0.15, 0.2) is 0 Å². The molecule has 10 heteroatoms. The minimum absolute atomic E-state index is 0.0532. The number of ether oxygens (including phenoxy) is 1. The number of halogens is 1. The number of carbonyl (C=O) groups is 2. The number of rotatable bonds is 6. The summed E-state index contributed by atoms with van der Waals surface area (Å²) in [5.41, 5.74) is 5.36. The van der Waals surface area contributed by atoms with Gasteiger partial charge in [-0.3, -0.25) is 9.59 Å². The molecule has 2 amide bonds. The molecule has 0 saturated carbocycles. The molecule has 166 valence electrons. The number of nitrogens with two attached hydrogens (primary N) is 1. The fourth-order valence-corrected chi connectivity index (χ4v) is 5.92. The molecule has 1 aromatic rings. The Bertz CT molecular complexity index is 900. The molecule has 0 bridgehead atoms. The third-order valence-electron chi connectivity index (χ3n) is 5.78. The molecule has 0 aliphatic carbocycles. The van der Waals surface area contributed by atoms with Crippen LogP contribution >= 0.6 is 11.6 Å². The molecule has 1 aromatic carbocycles. The molecule has 3 rings (SSSR count). The van der Waals surface area contributed by atoms with Gasteiger partial charge >= 0.3 is 0 Å². The number of carbonyl (C=O) groups excluding carboxylic acids is 2. The van der Waals surface area contributed by atoms with Crippen LogP contribution in [0.2, 0.25) is 5.02 Å². The largest absolute Gasteiger partial charge is 0.492 e. The van der Waals surface area contributed by atoms with Gasteiger partial charge in [0.2, 0.25) is 21.8 Å². The zero-order chi connectivity index (χ0) is 21.9. The van der Waals surface area contributed by atoms with Crippen molar-refractivity contribution < 1.29 is 22.7 Å². The van der Waals surface area contributed by atoms with Crippen LogP contribution in [0.25, 0.3) is 0 Å². The van der Waals surface area contributed by atoms with Crippen molar-refractivity contribution in [3.05, 3.63) is 23.2 Å². The second-order valence-corrected chi connectivity index (χ2v) is 10.1. The summed E-state index contributed by atoms with van der Waals surface area (Å²) in [6, 6.07) is 4.42. The van der Waals surface area contributed by atoms with Crippen molar-refractivity contribution >= 4 is 33.4 Å². The number of sulfonamides is 1. The SMILES string of the molecule is CCOc1ccc(S(=O)(=O)N2CCC[C@@H](C(=O)N3CCC(C(N)=O)CC3)C2)cc1Cl. The van der Waals surface area contributed by atoms with E-state index in [1.165, 1.54) is 16.4 Å². The number of primary amides is 1. The average Bonchev–Trinajstić information content (AvgIpc) is 2.75. The third kappa shape index (κ3) is 4.90. The molecule has 2 fully saturated rings. The van der Waals surface area contributed by atoms with Crippen molar-refractivity contribution in [3.63, 3.8) is 0 Å². The van der Waals surface area contributed by atoms with Crippen LogP contribution in [-0.4, -0.2) is 62.2 Å². The Hall–Kier alpha value is -1.84. The van der Waals surface area contributed by atoms with E-state index in [0.717, 1.165) is 0 Å². The molecular weight excluding hydrogens is 430 g/mol. The third-order valence-corrected chi connectivity index (χ3v) is 7.94. The first-order chi connectivity index (χ1) is 14.2. The zero-order valence-electron chi connectivity index (χ0n) is 17.0. The zero-order valence-corrected chi connectivity index (χ0v) is 18.6. The average molecular weight is 458 g/mol. The van der Waals surface area contributed by atoms with E-state index in [9.17, 15) is 18.0 Å². The van der Waals surface area contributed by atoms with Crippen LogP contribution in [0.4, 0.5) is 0 Å². The van der Waals surface area contributed by atoms with Crippen LogP contribution in [0.3, 0.4) is 0 Å². The molecular formula is C20H28ClN3O5S. The number of benzene rings is 1. The van der Waals surface area contributed by atoms with Gasteiger partial charge in [-0.1, -0.05) is 11.6 Å².